The van der Waals surface area contributed by atoms with Crippen molar-refractivity contribution in [2.75, 3.05) is 11.9 Å². The van der Waals surface area contributed by atoms with Gasteiger partial charge in [-0.1, -0.05) is 0 Å². The highest BCUT2D eigenvalue weighted by Gasteiger charge is 2.38. The lowest BCUT2D eigenvalue weighted by Crippen LogP contribution is -2.45. The van der Waals surface area contributed by atoms with Gasteiger partial charge in [-0.15, -0.1) is 0 Å². The zero-order chi connectivity index (χ0) is 26.4. The number of alkyl carbamates (subject to hydrolysis) is 1. The van der Waals surface area contributed by atoms with Crippen LogP contribution in [0.1, 0.15) is 45.6 Å². The molecule has 0 aliphatic carbocycles. The predicted octanol–water partition coefficient (Wildman–Crippen LogP) is 3.78. The minimum Gasteiger partial charge on any atom is -0.444 e. The van der Waals surface area contributed by atoms with Gasteiger partial charge in [0.25, 0.3) is 0 Å². The van der Waals surface area contributed by atoms with Crippen LogP contribution in [0.4, 0.5) is 23.7 Å². The van der Waals surface area contributed by atoms with Crippen molar-refractivity contribution in [3.63, 3.8) is 0 Å². The van der Waals surface area contributed by atoms with Crippen molar-refractivity contribution in [1.82, 2.24) is 10.6 Å². The minimum absolute atomic E-state index is 0.0778. The van der Waals surface area contributed by atoms with Crippen molar-refractivity contribution < 1.29 is 36.7 Å². The molecule has 0 radical (unpaired) electrons. The lowest BCUT2D eigenvalue weighted by molar-refractivity contribution is -0.173. The number of alkyl halides is 3. The lowest BCUT2D eigenvalue weighted by atomic mass is 10.1. The maximum atomic E-state index is 12.9. The highest BCUT2D eigenvalue weighted by Crippen LogP contribution is 2.21. The quantitative estimate of drug-likeness (QED) is 0.375. The fourth-order valence-electron chi connectivity index (χ4n) is 3.12. The molecule has 3 N–H and O–H groups in total. The molecular formula is C23H28F3N3O6. The first kappa shape index (κ1) is 27.7. The first-order chi connectivity index (χ1) is 16.2. The molecule has 1 aromatic heterocycles. The Kier molecular flexibility index (Phi) is 8.88. The molecule has 0 spiro atoms. The number of unbranched alkanes of at least 4 members (excludes halogenated alkanes) is 1. The lowest BCUT2D eigenvalue weighted by Gasteiger charge is -2.23. The summed E-state index contributed by atoms with van der Waals surface area (Å²) in [5.74, 6) is -2.62. The second kappa shape index (κ2) is 11.2. The molecular weight excluding hydrogens is 471 g/mol. The first-order valence-corrected chi connectivity index (χ1v) is 10.9. The average Bonchev–Trinajstić information content (AvgIpc) is 2.70. The SMILES string of the molecule is Cc1cc(=O)oc2ccc(NC(=O)[C@H](CCCCNC(=O)C(F)(F)F)NC(=O)OC(C)(C)C)cc12. The van der Waals surface area contributed by atoms with Crippen molar-refractivity contribution in [3.8, 4) is 0 Å². The Hall–Kier alpha value is -3.57. The number of hydrogen-bond acceptors (Lipinski definition) is 6. The largest absolute Gasteiger partial charge is 0.471 e. The Morgan fingerprint density at radius 1 is 1.09 bits per heavy atom. The molecule has 3 amide bonds. The molecule has 0 fully saturated rings. The number of amides is 3. The van der Waals surface area contributed by atoms with Gasteiger partial charge in [0, 0.05) is 23.7 Å². The Bertz CT molecular complexity index is 1140. The van der Waals surface area contributed by atoms with Gasteiger partial charge in [0.05, 0.1) is 0 Å². The summed E-state index contributed by atoms with van der Waals surface area (Å²) in [4.78, 5) is 47.6. The van der Waals surface area contributed by atoms with E-state index < -0.39 is 41.4 Å². The van der Waals surface area contributed by atoms with Crippen molar-refractivity contribution in [2.24, 2.45) is 0 Å². The minimum atomic E-state index is -4.97. The standard InChI is InChI=1S/C23H28F3N3O6/c1-13-11-18(30)34-17-9-8-14(12-15(13)17)28-19(31)16(29-21(33)35-22(2,3)4)7-5-6-10-27-20(32)23(24,25)26/h8-9,11-12,16H,5-7,10H2,1-4H3,(H,27,32)(H,28,31)(H,29,33)/t16-/m0/s1. The molecule has 0 aliphatic heterocycles. The number of hydrogen-bond donors (Lipinski definition) is 3. The van der Waals surface area contributed by atoms with E-state index in [9.17, 15) is 32.3 Å². The third-order valence-corrected chi connectivity index (χ3v) is 4.69. The number of aryl methyl sites for hydroxylation is 1. The monoisotopic (exact) mass is 499 g/mol. The van der Waals surface area contributed by atoms with E-state index in [1.54, 1.807) is 39.1 Å². The number of ether oxygens (including phenoxy) is 1. The molecule has 0 aliphatic rings. The second-order valence-electron chi connectivity index (χ2n) is 8.90. The van der Waals surface area contributed by atoms with Gasteiger partial charge in [0.2, 0.25) is 5.91 Å². The number of halogens is 3. The van der Waals surface area contributed by atoms with Crippen LogP contribution in [0, 0.1) is 6.92 Å². The average molecular weight is 499 g/mol. The van der Waals surface area contributed by atoms with E-state index in [1.165, 1.54) is 18.2 Å². The van der Waals surface area contributed by atoms with Crippen molar-refractivity contribution >= 4 is 34.6 Å². The van der Waals surface area contributed by atoms with E-state index >= 15 is 0 Å². The van der Waals surface area contributed by atoms with Gasteiger partial charge in [-0.05, 0) is 70.7 Å². The van der Waals surface area contributed by atoms with Gasteiger partial charge < -0.3 is 25.1 Å². The summed E-state index contributed by atoms with van der Waals surface area (Å²) >= 11 is 0. The van der Waals surface area contributed by atoms with Crippen LogP contribution in [-0.4, -0.2) is 42.3 Å². The molecule has 1 heterocycles. The van der Waals surface area contributed by atoms with E-state index in [4.69, 9.17) is 9.15 Å². The third-order valence-electron chi connectivity index (χ3n) is 4.69. The van der Waals surface area contributed by atoms with Gasteiger partial charge >= 0.3 is 23.8 Å². The molecule has 9 nitrogen and oxygen atoms in total. The van der Waals surface area contributed by atoms with Crippen LogP contribution in [0.5, 0.6) is 0 Å². The summed E-state index contributed by atoms with van der Waals surface area (Å²) in [5, 5.41) is 7.52. The maximum Gasteiger partial charge on any atom is 0.471 e. The number of carbonyl (C=O) groups excluding carboxylic acids is 3. The molecule has 192 valence electrons. The molecule has 12 heteroatoms. The predicted molar refractivity (Wildman–Crippen MR) is 122 cm³/mol. The van der Waals surface area contributed by atoms with E-state index in [0.29, 0.717) is 22.2 Å². The summed E-state index contributed by atoms with van der Waals surface area (Å²) in [5.41, 5.74) is 0.0639. The number of fused-ring (bicyclic) bond motifs is 1. The molecule has 2 rings (SSSR count). The zero-order valence-electron chi connectivity index (χ0n) is 19.8. The maximum absolute atomic E-state index is 12.9. The molecule has 1 aromatic carbocycles. The van der Waals surface area contributed by atoms with Crippen LogP contribution in [0.3, 0.4) is 0 Å². The van der Waals surface area contributed by atoms with Crippen LogP contribution in [0.15, 0.2) is 33.5 Å². The smallest absolute Gasteiger partial charge is 0.444 e. The summed E-state index contributed by atoms with van der Waals surface area (Å²) in [6.07, 6.45) is -5.35. The summed E-state index contributed by atoms with van der Waals surface area (Å²) in [6, 6.07) is 4.92. The Morgan fingerprint density at radius 2 is 1.77 bits per heavy atom. The highest BCUT2D eigenvalue weighted by atomic mass is 19.4. The first-order valence-electron chi connectivity index (χ1n) is 10.9. The molecule has 1 atom stereocenters. The van der Waals surface area contributed by atoms with Crippen LogP contribution < -0.4 is 21.6 Å². The molecule has 0 saturated carbocycles. The van der Waals surface area contributed by atoms with E-state index in [0.717, 1.165) is 0 Å². The van der Waals surface area contributed by atoms with Crippen LogP contribution in [0.25, 0.3) is 11.0 Å². The van der Waals surface area contributed by atoms with Crippen molar-refractivity contribution in [2.45, 2.75) is 64.8 Å². The van der Waals surface area contributed by atoms with Gasteiger partial charge in [0.1, 0.15) is 17.2 Å². The van der Waals surface area contributed by atoms with Crippen molar-refractivity contribution in [3.05, 3.63) is 40.2 Å². The highest BCUT2D eigenvalue weighted by molar-refractivity contribution is 5.98. The number of rotatable bonds is 8. The number of nitrogens with one attached hydrogen (secondary N) is 3. The molecule has 2 aromatic rings. The third kappa shape index (κ3) is 8.95. The topological polar surface area (TPSA) is 127 Å². The number of benzene rings is 1. The van der Waals surface area contributed by atoms with Gasteiger partial charge in [0.15, 0.2) is 0 Å². The summed E-state index contributed by atoms with van der Waals surface area (Å²) in [7, 11) is 0. The van der Waals surface area contributed by atoms with Gasteiger partial charge in [-0.2, -0.15) is 13.2 Å². The normalized spacial score (nSPS) is 12.7. The van der Waals surface area contributed by atoms with Crippen LogP contribution in [0.2, 0.25) is 0 Å². The number of carbonyl (C=O) groups is 3. The van der Waals surface area contributed by atoms with E-state index in [1.807, 2.05) is 0 Å². The van der Waals surface area contributed by atoms with E-state index in [2.05, 4.69) is 10.6 Å². The molecule has 0 saturated heterocycles. The van der Waals surface area contributed by atoms with Crippen LogP contribution in [-0.2, 0) is 14.3 Å². The second-order valence-corrected chi connectivity index (χ2v) is 8.90. The van der Waals surface area contributed by atoms with Gasteiger partial charge in [-0.3, -0.25) is 9.59 Å². The molecule has 0 bridgehead atoms. The fraction of sp³-hybridized carbons (Fsp3) is 0.478. The van der Waals surface area contributed by atoms with E-state index in [-0.39, 0.29) is 25.8 Å². The molecule has 35 heavy (non-hydrogen) atoms. The van der Waals surface area contributed by atoms with Gasteiger partial charge in [-0.25, -0.2) is 9.59 Å². The van der Waals surface area contributed by atoms with Crippen molar-refractivity contribution in [1.29, 1.82) is 0 Å². The Labute approximate surface area is 199 Å². The summed E-state index contributed by atoms with van der Waals surface area (Å²) < 4.78 is 47.1. The molecule has 0 unspecified atom stereocenters. The summed E-state index contributed by atoms with van der Waals surface area (Å²) in [6.45, 7) is 6.44. The zero-order valence-corrected chi connectivity index (χ0v) is 19.8. The Balaban J connectivity index is 2.07. The Morgan fingerprint density at radius 3 is 2.40 bits per heavy atom. The van der Waals surface area contributed by atoms with Crippen LogP contribution >= 0.6 is 0 Å². The number of anilines is 1. The fourth-order valence-corrected chi connectivity index (χ4v) is 3.12.